The van der Waals surface area contributed by atoms with Gasteiger partial charge in [-0.3, -0.25) is 0 Å². The highest BCUT2D eigenvalue weighted by Gasteiger charge is 2.03. The van der Waals surface area contributed by atoms with Crippen LogP contribution in [0.4, 0.5) is 5.69 Å². The SMILES string of the molecule is COc1ccccc1N=c1scc(C)n1N=Cc1ccsc1. The Hall–Kier alpha value is -2.18. The molecule has 0 atom stereocenters. The van der Waals surface area contributed by atoms with Crippen LogP contribution in [0.3, 0.4) is 0 Å². The molecule has 0 saturated heterocycles. The third kappa shape index (κ3) is 3.18. The van der Waals surface area contributed by atoms with Crippen LogP contribution in [-0.2, 0) is 0 Å². The van der Waals surface area contributed by atoms with Crippen LogP contribution in [0.2, 0.25) is 0 Å². The summed E-state index contributed by atoms with van der Waals surface area (Å²) >= 11 is 3.21. The molecule has 4 nitrogen and oxygen atoms in total. The quantitative estimate of drug-likeness (QED) is 0.666. The van der Waals surface area contributed by atoms with E-state index in [1.807, 2.05) is 58.9 Å². The molecule has 0 amide bonds. The maximum atomic E-state index is 5.35. The van der Waals surface area contributed by atoms with E-state index in [1.54, 1.807) is 29.8 Å². The van der Waals surface area contributed by atoms with Gasteiger partial charge >= 0.3 is 0 Å². The maximum absolute atomic E-state index is 5.35. The van der Waals surface area contributed by atoms with Crippen molar-refractivity contribution in [2.45, 2.75) is 6.92 Å². The van der Waals surface area contributed by atoms with Crippen molar-refractivity contribution in [1.29, 1.82) is 0 Å². The number of aromatic nitrogens is 1. The molecule has 2 heterocycles. The van der Waals surface area contributed by atoms with Gasteiger partial charge in [-0.25, -0.2) is 9.67 Å². The third-order valence-electron chi connectivity index (χ3n) is 3.02. The minimum atomic E-state index is 0.752. The van der Waals surface area contributed by atoms with Crippen LogP contribution in [-0.4, -0.2) is 18.0 Å². The van der Waals surface area contributed by atoms with Crippen LogP contribution in [0.15, 0.2) is 56.6 Å². The van der Waals surface area contributed by atoms with Gasteiger partial charge in [-0.15, -0.1) is 11.3 Å². The summed E-state index contributed by atoms with van der Waals surface area (Å²) in [7, 11) is 1.65. The number of rotatable bonds is 4. The number of ether oxygens (including phenoxy) is 1. The van der Waals surface area contributed by atoms with E-state index in [4.69, 9.17) is 4.74 Å². The highest BCUT2D eigenvalue weighted by atomic mass is 32.1. The van der Waals surface area contributed by atoms with Gasteiger partial charge < -0.3 is 4.74 Å². The highest BCUT2D eigenvalue weighted by Crippen LogP contribution is 2.25. The molecule has 0 N–H and O–H groups in total. The van der Waals surface area contributed by atoms with Gasteiger partial charge in [-0.1, -0.05) is 12.1 Å². The van der Waals surface area contributed by atoms with Gasteiger partial charge in [0.15, 0.2) is 0 Å². The number of thiophene rings is 1. The smallest absolute Gasteiger partial charge is 0.211 e. The van der Waals surface area contributed by atoms with Crippen molar-refractivity contribution in [3.63, 3.8) is 0 Å². The Morgan fingerprint density at radius 1 is 1.18 bits per heavy atom. The fourth-order valence-corrected chi connectivity index (χ4v) is 3.33. The van der Waals surface area contributed by atoms with E-state index in [-0.39, 0.29) is 0 Å². The summed E-state index contributed by atoms with van der Waals surface area (Å²) in [5.74, 6) is 0.752. The Morgan fingerprint density at radius 2 is 2.05 bits per heavy atom. The van der Waals surface area contributed by atoms with E-state index in [0.717, 1.165) is 27.5 Å². The van der Waals surface area contributed by atoms with Crippen molar-refractivity contribution in [2.75, 3.05) is 7.11 Å². The summed E-state index contributed by atoms with van der Waals surface area (Å²) in [6, 6.07) is 9.74. The first-order valence-electron chi connectivity index (χ1n) is 6.69. The number of nitrogens with zero attached hydrogens (tertiary/aromatic N) is 3. The van der Waals surface area contributed by atoms with E-state index in [9.17, 15) is 0 Å². The number of benzene rings is 1. The lowest BCUT2D eigenvalue weighted by Gasteiger charge is -2.03. The lowest BCUT2D eigenvalue weighted by atomic mass is 10.3. The Balaban J connectivity index is 2.03. The van der Waals surface area contributed by atoms with Gasteiger partial charge in [0, 0.05) is 10.9 Å². The van der Waals surface area contributed by atoms with Gasteiger partial charge in [0.25, 0.3) is 0 Å². The van der Waals surface area contributed by atoms with E-state index < -0.39 is 0 Å². The topological polar surface area (TPSA) is 38.9 Å². The largest absolute Gasteiger partial charge is 0.494 e. The second-order valence-electron chi connectivity index (χ2n) is 4.56. The average Bonchev–Trinajstić information content (AvgIpc) is 3.17. The zero-order valence-corrected chi connectivity index (χ0v) is 13.9. The minimum Gasteiger partial charge on any atom is -0.494 e. The number of hydrogen-bond donors (Lipinski definition) is 0. The summed E-state index contributed by atoms with van der Waals surface area (Å²) < 4.78 is 7.19. The normalized spacial score (nSPS) is 12.2. The van der Waals surface area contributed by atoms with Crippen molar-refractivity contribution < 1.29 is 4.74 Å². The molecule has 0 bridgehead atoms. The van der Waals surface area contributed by atoms with Gasteiger partial charge in [0.1, 0.15) is 11.4 Å². The first-order chi connectivity index (χ1) is 10.8. The van der Waals surface area contributed by atoms with Gasteiger partial charge in [-0.2, -0.15) is 16.4 Å². The first-order valence-corrected chi connectivity index (χ1v) is 8.51. The summed E-state index contributed by atoms with van der Waals surface area (Å²) in [6.45, 7) is 2.02. The number of thiazole rings is 1. The van der Waals surface area contributed by atoms with Crippen molar-refractivity contribution in [3.8, 4) is 5.75 Å². The number of para-hydroxylation sites is 2. The molecule has 0 aliphatic carbocycles. The van der Waals surface area contributed by atoms with Crippen molar-refractivity contribution in [2.24, 2.45) is 10.1 Å². The lowest BCUT2D eigenvalue weighted by Crippen LogP contribution is -2.11. The highest BCUT2D eigenvalue weighted by molar-refractivity contribution is 7.08. The number of hydrogen-bond acceptors (Lipinski definition) is 5. The fourth-order valence-electron chi connectivity index (χ4n) is 1.90. The molecular formula is C16H15N3OS2. The monoisotopic (exact) mass is 329 g/mol. The minimum absolute atomic E-state index is 0.752. The van der Waals surface area contributed by atoms with E-state index in [0.29, 0.717) is 0 Å². The predicted molar refractivity (Wildman–Crippen MR) is 92.6 cm³/mol. The Bertz CT molecular complexity index is 844. The number of methoxy groups -OCH3 is 1. The summed E-state index contributed by atoms with van der Waals surface area (Å²) in [6.07, 6.45) is 1.84. The molecule has 22 heavy (non-hydrogen) atoms. The molecule has 0 spiro atoms. The second kappa shape index (κ2) is 6.72. The predicted octanol–water partition coefficient (Wildman–Crippen LogP) is 4.04. The van der Waals surface area contributed by atoms with Crippen LogP contribution in [0, 0.1) is 6.92 Å². The maximum Gasteiger partial charge on any atom is 0.211 e. The van der Waals surface area contributed by atoms with Gasteiger partial charge in [0.05, 0.1) is 19.0 Å². The Morgan fingerprint density at radius 3 is 2.82 bits per heavy atom. The molecule has 0 fully saturated rings. The standard InChI is InChI=1S/C16H15N3OS2/c1-12-10-22-16(18-14-5-3-4-6-15(14)20-2)19(12)17-9-13-7-8-21-11-13/h3-11H,1-2H3. The van der Waals surface area contributed by atoms with Crippen LogP contribution in [0.5, 0.6) is 5.75 Å². The molecule has 0 aliphatic heterocycles. The molecule has 6 heteroatoms. The van der Waals surface area contributed by atoms with Crippen molar-refractivity contribution in [3.05, 3.63) is 62.5 Å². The van der Waals surface area contributed by atoms with Crippen LogP contribution >= 0.6 is 22.7 Å². The summed E-state index contributed by atoms with van der Waals surface area (Å²) in [4.78, 5) is 5.49. The zero-order valence-electron chi connectivity index (χ0n) is 12.3. The van der Waals surface area contributed by atoms with Crippen LogP contribution < -0.4 is 9.54 Å². The molecular weight excluding hydrogens is 314 g/mol. The molecule has 112 valence electrons. The third-order valence-corrected chi connectivity index (χ3v) is 4.65. The van der Waals surface area contributed by atoms with Crippen LogP contribution in [0.1, 0.15) is 11.3 Å². The number of aryl methyl sites for hydroxylation is 1. The van der Waals surface area contributed by atoms with Crippen molar-refractivity contribution in [1.82, 2.24) is 4.68 Å². The van der Waals surface area contributed by atoms with E-state index in [2.05, 4.69) is 15.5 Å². The molecule has 2 aromatic heterocycles. The second-order valence-corrected chi connectivity index (χ2v) is 6.17. The molecule has 1 aromatic carbocycles. The van der Waals surface area contributed by atoms with Crippen LogP contribution in [0.25, 0.3) is 0 Å². The zero-order chi connectivity index (χ0) is 15.4. The molecule has 0 radical (unpaired) electrons. The fraction of sp³-hybridized carbons (Fsp3) is 0.125. The molecule has 3 rings (SSSR count). The van der Waals surface area contributed by atoms with Crippen molar-refractivity contribution >= 4 is 34.6 Å². The lowest BCUT2D eigenvalue weighted by molar-refractivity contribution is 0.416. The molecule has 0 aliphatic rings. The molecule has 0 unspecified atom stereocenters. The first kappa shape index (κ1) is 14.7. The molecule has 3 aromatic rings. The average molecular weight is 329 g/mol. The van der Waals surface area contributed by atoms with E-state index in [1.165, 1.54) is 0 Å². The summed E-state index contributed by atoms with van der Waals surface area (Å²) in [5.41, 5.74) is 2.93. The Kier molecular flexibility index (Phi) is 4.50. The van der Waals surface area contributed by atoms with Gasteiger partial charge in [0.2, 0.25) is 4.80 Å². The van der Waals surface area contributed by atoms with Gasteiger partial charge in [-0.05, 0) is 35.9 Å². The summed E-state index contributed by atoms with van der Waals surface area (Å²) in [5, 5.41) is 10.7. The Labute approximate surface area is 136 Å². The van der Waals surface area contributed by atoms with E-state index >= 15 is 0 Å². The molecule has 0 saturated carbocycles.